The van der Waals surface area contributed by atoms with Crippen molar-refractivity contribution < 1.29 is 9.50 Å². The Balaban J connectivity index is 2.21. The Bertz CT molecular complexity index is 564. The fourth-order valence-electron chi connectivity index (χ4n) is 1.64. The highest BCUT2D eigenvalue weighted by atomic mass is 79.9. The van der Waals surface area contributed by atoms with Gasteiger partial charge in [0.25, 0.3) is 0 Å². The molecule has 0 saturated heterocycles. The maximum Gasteiger partial charge on any atom is 0.145 e. The Labute approximate surface area is 118 Å². The van der Waals surface area contributed by atoms with E-state index in [2.05, 4.69) is 20.9 Å². The predicted molar refractivity (Wildman–Crippen MR) is 72.0 cm³/mol. The summed E-state index contributed by atoms with van der Waals surface area (Å²) in [5, 5.41) is 10.1. The molecule has 2 rings (SSSR count). The van der Waals surface area contributed by atoms with Crippen LogP contribution in [0.4, 0.5) is 4.39 Å². The molecule has 0 spiro atoms. The summed E-state index contributed by atoms with van der Waals surface area (Å²) in [6.07, 6.45) is 2.52. The smallest absolute Gasteiger partial charge is 0.145 e. The first-order chi connectivity index (χ1) is 8.58. The van der Waals surface area contributed by atoms with E-state index in [4.69, 9.17) is 11.6 Å². The first-order valence-corrected chi connectivity index (χ1v) is 6.46. The van der Waals surface area contributed by atoms with Gasteiger partial charge in [0.05, 0.1) is 11.1 Å². The fraction of sp³-hybridized carbons (Fsp3) is 0.154. The second-order valence-electron chi connectivity index (χ2n) is 3.87. The van der Waals surface area contributed by atoms with E-state index in [9.17, 15) is 9.50 Å². The molecule has 0 fully saturated rings. The van der Waals surface area contributed by atoms with E-state index in [1.165, 1.54) is 6.07 Å². The zero-order chi connectivity index (χ0) is 13.1. The van der Waals surface area contributed by atoms with Crippen LogP contribution in [0, 0.1) is 5.82 Å². The monoisotopic (exact) mass is 329 g/mol. The van der Waals surface area contributed by atoms with Crippen LogP contribution >= 0.6 is 27.5 Å². The van der Waals surface area contributed by atoms with E-state index < -0.39 is 11.9 Å². The number of benzene rings is 1. The van der Waals surface area contributed by atoms with Crippen LogP contribution in [0.1, 0.15) is 17.2 Å². The maximum absolute atomic E-state index is 13.7. The number of rotatable bonds is 3. The number of hydrogen-bond acceptors (Lipinski definition) is 2. The standard InChI is InChI=1S/C13H10BrClFNO/c14-10-4-9(6-17-7-10)12(18)5-8-2-1-3-11(15)13(8)16/h1-4,6-7,12,18H,5H2. The van der Waals surface area contributed by atoms with Crippen molar-refractivity contribution in [3.8, 4) is 0 Å². The summed E-state index contributed by atoms with van der Waals surface area (Å²) in [6, 6.07) is 6.50. The van der Waals surface area contributed by atoms with Gasteiger partial charge in [0.1, 0.15) is 5.82 Å². The molecule has 2 nitrogen and oxygen atoms in total. The van der Waals surface area contributed by atoms with Crippen molar-refractivity contribution in [3.05, 3.63) is 63.1 Å². The second kappa shape index (κ2) is 5.78. The SMILES string of the molecule is OC(Cc1cccc(Cl)c1F)c1cncc(Br)c1. The molecule has 1 aromatic carbocycles. The molecule has 0 saturated carbocycles. The Morgan fingerprint density at radius 1 is 1.39 bits per heavy atom. The molecule has 18 heavy (non-hydrogen) atoms. The molecule has 1 unspecified atom stereocenters. The van der Waals surface area contributed by atoms with Gasteiger partial charge in [-0.25, -0.2) is 4.39 Å². The van der Waals surface area contributed by atoms with Crippen LogP contribution in [-0.4, -0.2) is 10.1 Å². The minimum Gasteiger partial charge on any atom is -0.388 e. The number of nitrogens with zero attached hydrogens (tertiary/aromatic N) is 1. The molecule has 94 valence electrons. The molecule has 2 aromatic rings. The zero-order valence-corrected chi connectivity index (χ0v) is 11.6. The van der Waals surface area contributed by atoms with Crippen LogP contribution in [-0.2, 0) is 6.42 Å². The molecule has 5 heteroatoms. The number of aliphatic hydroxyl groups excluding tert-OH is 1. The number of hydrogen-bond donors (Lipinski definition) is 1. The molecular formula is C13H10BrClFNO. The van der Waals surface area contributed by atoms with Gasteiger partial charge < -0.3 is 5.11 Å². The molecule has 0 bridgehead atoms. The number of aromatic nitrogens is 1. The van der Waals surface area contributed by atoms with Crippen molar-refractivity contribution in [1.82, 2.24) is 4.98 Å². The molecule has 0 aliphatic rings. The fourth-order valence-corrected chi connectivity index (χ4v) is 2.22. The van der Waals surface area contributed by atoms with Gasteiger partial charge in [0.15, 0.2) is 0 Å². The second-order valence-corrected chi connectivity index (χ2v) is 5.19. The first-order valence-electron chi connectivity index (χ1n) is 5.29. The van der Waals surface area contributed by atoms with Gasteiger partial charge in [0, 0.05) is 28.9 Å². The van der Waals surface area contributed by atoms with E-state index in [0.717, 1.165) is 4.47 Å². The topological polar surface area (TPSA) is 33.1 Å². The molecule has 1 atom stereocenters. The van der Waals surface area contributed by atoms with Gasteiger partial charge in [-0.05, 0) is 33.6 Å². The van der Waals surface area contributed by atoms with E-state index >= 15 is 0 Å². The van der Waals surface area contributed by atoms with Gasteiger partial charge >= 0.3 is 0 Å². The highest BCUT2D eigenvalue weighted by molar-refractivity contribution is 9.10. The van der Waals surface area contributed by atoms with E-state index in [1.54, 1.807) is 30.6 Å². The van der Waals surface area contributed by atoms with Crippen LogP contribution in [0.5, 0.6) is 0 Å². The van der Waals surface area contributed by atoms with E-state index in [1.807, 2.05) is 0 Å². The highest BCUT2D eigenvalue weighted by Crippen LogP contribution is 2.24. The molecule has 0 aliphatic carbocycles. The third kappa shape index (κ3) is 3.07. The molecule has 1 heterocycles. The lowest BCUT2D eigenvalue weighted by molar-refractivity contribution is 0.176. The van der Waals surface area contributed by atoms with Crippen LogP contribution < -0.4 is 0 Å². The summed E-state index contributed by atoms with van der Waals surface area (Å²) in [7, 11) is 0. The Morgan fingerprint density at radius 3 is 2.89 bits per heavy atom. The lowest BCUT2D eigenvalue weighted by Gasteiger charge is -2.12. The summed E-state index contributed by atoms with van der Waals surface area (Å²) in [6.45, 7) is 0. The van der Waals surface area contributed by atoms with Crippen molar-refractivity contribution in [2.45, 2.75) is 12.5 Å². The quantitative estimate of drug-likeness (QED) is 0.925. The van der Waals surface area contributed by atoms with Gasteiger partial charge in [-0.1, -0.05) is 23.7 Å². The highest BCUT2D eigenvalue weighted by Gasteiger charge is 2.13. The van der Waals surface area contributed by atoms with Crippen LogP contribution in [0.25, 0.3) is 0 Å². The van der Waals surface area contributed by atoms with Gasteiger partial charge in [-0.2, -0.15) is 0 Å². The van der Waals surface area contributed by atoms with Gasteiger partial charge in [0.2, 0.25) is 0 Å². The Hall–Kier alpha value is -0.970. The van der Waals surface area contributed by atoms with Crippen molar-refractivity contribution >= 4 is 27.5 Å². The lowest BCUT2D eigenvalue weighted by atomic mass is 10.0. The van der Waals surface area contributed by atoms with Gasteiger partial charge in [-0.15, -0.1) is 0 Å². The number of pyridine rings is 1. The number of halogens is 3. The molecule has 1 aromatic heterocycles. The minimum absolute atomic E-state index is 0.0621. The minimum atomic E-state index is -0.817. The van der Waals surface area contributed by atoms with Crippen molar-refractivity contribution in [2.75, 3.05) is 0 Å². The third-order valence-corrected chi connectivity index (χ3v) is 3.28. The molecular weight excluding hydrogens is 321 g/mol. The van der Waals surface area contributed by atoms with Crippen LogP contribution in [0.15, 0.2) is 41.1 Å². The molecule has 1 N–H and O–H groups in total. The summed E-state index contributed by atoms with van der Waals surface area (Å²) >= 11 is 8.97. The summed E-state index contributed by atoms with van der Waals surface area (Å²) in [5.41, 5.74) is 1.01. The van der Waals surface area contributed by atoms with Crippen LogP contribution in [0.2, 0.25) is 5.02 Å². The summed E-state index contributed by atoms with van der Waals surface area (Å²) < 4.78 is 14.5. The van der Waals surface area contributed by atoms with Gasteiger partial charge in [-0.3, -0.25) is 4.98 Å². The Kier molecular flexibility index (Phi) is 4.32. The zero-order valence-electron chi connectivity index (χ0n) is 9.28. The average molecular weight is 331 g/mol. The predicted octanol–water partition coefficient (Wildman–Crippen LogP) is 3.91. The van der Waals surface area contributed by atoms with Crippen molar-refractivity contribution in [3.63, 3.8) is 0 Å². The molecule has 0 amide bonds. The van der Waals surface area contributed by atoms with Crippen molar-refractivity contribution in [1.29, 1.82) is 0 Å². The van der Waals surface area contributed by atoms with Crippen molar-refractivity contribution in [2.24, 2.45) is 0 Å². The van der Waals surface area contributed by atoms with E-state index in [-0.39, 0.29) is 11.4 Å². The average Bonchev–Trinajstić information content (AvgIpc) is 2.35. The number of aliphatic hydroxyl groups is 1. The van der Waals surface area contributed by atoms with E-state index in [0.29, 0.717) is 11.1 Å². The maximum atomic E-state index is 13.7. The summed E-state index contributed by atoms with van der Waals surface area (Å²) in [4.78, 5) is 3.96. The largest absolute Gasteiger partial charge is 0.388 e. The Morgan fingerprint density at radius 2 is 2.17 bits per heavy atom. The molecule has 0 radical (unpaired) electrons. The molecule has 0 aliphatic heterocycles. The normalized spacial score (nSPS) is 12.4. The summed E-state index contributed by atoms with van der Waals surface area (Å²) in [5.74, 6) is -0.485. The van der Waals surface area contributed by atoms with Crippen LogP contribution in [0.3, 0.4) is 0 Å². The lowest BCUT2D eigenvalue weighted by Crippen LogP contribution is -2.04. The first kappa shape index (κ1) is 13.5. The third-order valence-electron chi connectivity index (χ3n) is 2.56.